The molecule has 4 N–H and O–H groups in total. The molecule has 17 heteroatoms. The van der Waals surface area contributed by atoms with Gasteiger partial charge in [0.1, 0.15) is 35.1 Å². The van der Waals surface area contributed by atoms with Gasteiger partial charge in [0, 0.05) is 23.9 Å². The molecule has 3 heterocycles. The standard InChI is InChI=1S/C36H45F2N5O9S/c1-4-51-28-14-22-9-12-39-31(25(22)16-26(28)38)52-24-15-27-30(44)41-36(33(46)42-53(49,50)35(19-37)10-11-35)17-23(36)8-6-5-7-20(2)13-21(3)29(40-34(47)48)32(45)43(27)18-24/h6,8-9,12,14,16,20-21,23-24,27,29,40H,4-5,7,10-11,13,15,17-19H2,1-3H3,(H,41,44)(H,42,46)(H,47,48)/b8-6-/t20-,21+,23+,24+,27-,29-,36+/m0/s1. The summed E-state index contributed by atoms with van der Waals surface area (Å²) >= 11 is 0. The molecule has 0 radical (unpaired) electrons. The van der Waals surface area contributed by atoms with E-state index < -0.39 is 86.6 Å². The number of nitrogens with zero attached hydrogens (tertiary/aromatic N) is 2. The van der Waals surface area contributed by atoms with Crippen molar-refractivity contribution in [3.63, 3.8) is 0 Å². The number of rotatable bonds is 9. The number of carboxylic acid groups (broad SMARTS) is 1. The van der Waals surface area contributed by atoms with Gasteiger partial charge in [-0.2, -0.15) is 0 Å². The molecule has 2 aliphatic carbocycles. The van der Waals surface area contributed by atoms with Crippen LogP contribution in [0, 0.1) is 23.6 Å². The van der Waals surface area contributed by atoms with Gasteiger partial charge in [0.25, 0.3) is 5.91 Å². The molecule has 2 saturated carbocycles. The summed E-state index contributed by atoms with van der Waals surface area (Å²) in [5, 5.41) is 15.7. The Bertz CT molecular complexity index is 1930. The molecule has 1 aromatic heterocycles. The number of nitrogens with one attached hydrogen (secondary N) is 3. The third-order valence-electron chi connectivity index (χ3n) is 10.9. The van der Waals surface area contributed by atoms with Gasteiger partial charge in [-0.15, -0.1) is 0 Å². The molecule has 1 aromatic carbocycles. The van der Waals surface area contributed by atoms with Crippen molar-refractivity contribution in [1.82, 2.24) is 25.2 Å². The molecule has 7 atom stereocenters. The lowest BCUT2D eigenvalue weighted by Crippen LogP contribution is -2.59. The summed E-state index contributed by atoms with van der Waals surface area (Å²) in [5.41, 5.74) is -1.70. The lowest BCUT2D eigenvalue weighted by molar-refractivity contribution is -0.142. The van der Waals surface area contributed by atoms with Crippen LogP contribution in [0.15, 0.2) is 36.5 Å². The predicted molar refractivity (Wildman–Crippen MR) is 188 cm³/mol. The number of alkyl halides is 1. The minimum Gasteiger partial charge on any atom is -0.491 e. The first-order valence-corrected chi connectivity index (χ1v) is 19.4. The predicted octanol–water partition coefficient (Wildman–Crippen LogP) is 3.59. The van der Waals surface area contributed by atoms with Gasteiger partial charge >= 0.3 is 6.09 Å². The smallest absolute Gasteiger partial charge is 0.405 e. The van der Waals surface area contributed by atoms with E-state index in [9.17, 15) is 41.5 Å². The zero-order chi connectivity index (χ0) is 38.3. The summed E-state index contributed by atoms with van der Waals surface area (Å²) in [6.07, 6.45) is 4.54. The lowest BCUT2D eigenvalue weighted by atomic mass is 9.88. The number of pyridine rings is 1. The molecular weight excluding hydrogens is 716 g/mol. The first-order chi connectivity index (χ1) is 25.1. The quantitative estimate of drug-likeness (QED) is 0.275. The fourth-order valence-corrected chi connectivity index (χ4v) is 8.97. The highest BCUT2D eigenvalue weighted by molar-refractivity contribution is 7.91. The van der Waals surface area contributed by atoms with Crippen molar-refractivity contribution in [2.45, 2.75) is 94.2 Å². The van der Waals surface area contributed by atoms with Crippen LogP contribution in [0.3, 0.4) is 0 Å². The lowest BCUT2D eigenvalue weighted by Gasteiger charge is -2.32. The van der Waals surface area contributed by atoms with Crippen LogP contribution in [0.25, 0.3) is 10.8 Å². The Morgan fingerprint density at radius 1 is 1.19 bits per heavy atom. The molecule has 53 heavy (non-hydrogen) atoms. The van der Waals surface area contributed by atoms with Gasteiger partial charge in [-0.05, 0) is 80.9 Å². The normalized spacial score (nSPS) is 30.5. The fraction of sp³-hybridized carbons (Fsp3) is 0.583. The topological polar surface area (TPSA) is 193 Å². The van der Waals surface area contributed by atoms with E-state index in [1.165, 1.54) is 23.2 Å². The average molecular weight is 762 g/mol. The monoisotopic (exact) mass is 761 g/mol. The van der Waals surface area contributed by atoms with Gasteiger partial charge in [0.15, 0.2) is 11.6 Å². The van der Waals surface area contributed by atoms with E-state index in [2.05, 4.69) is 15.6 Å². The number of hydrogen-bond donors (Lipinski definition) is 4. The number of benzene rings is 1. The minimum absolute atomic E-state index is 0.0303. The number of amides is 4. The molecule has 2 aliphatic heterocycles. The van der Waals surface area contributed by atoms with Gasteiger partial charge in [0.05, 0.1) is 13.2 Å². The Labute approximate surface area is 306 Å². The molecule has 4 aliphatic rings. The minimum atomic E-state index is -4.41. The SMILES string of the molecule is CCOc1cc2ccnc(O[C@@H]3C[C@H]4C(=O)N[C@]5(C(=O)NS(=O)(=O)C6(CF)CC6)C[C@H]5/C=C\CC[C@H](C)C[C@@H](C)[C@H](NC(=O)O)C(=O)N4C3)c2cc1F. The molecule has 3 fully saturated rings. The summed E-state index contributed by atoms with van der Waals surface area (Å²) in [7, 11) is -4.41. The maximum atomic E-state index is 14.9. The van der Waals surface area contributed by atoms with Crippen LogP contribution in [0.4, 0.5) is 13.6 Å². The highest BCUT2D eigenvalue weighted by Gasteiger charge is 2.64. The maximum Gasteiger partial charge on any atom is 0.405 e. The Kier molecular flexibility index (Phi) is 10.6. The summed E-state index contributed by atoms with van der Waals surface area (Å²) in [5.74, 6) is -4.05. The van der Waals surface area contributed by atoms with Crippen LogP contribution in [-0.2, 0) is 24.4 Å². The zero-order valence-electron chi connectivity index (χ0n) is 29.8. The number of ether oxygens (including phenoxy) is 2. The number of sulfonamides is 1. The molecule has 6 rings (SSSR count). The van der Waals surface area contributed by atoms with Crippen LogP contribution >= 0.6 is 0 Å². The van der Waals surface area contributed by atoms with Crippen LogP contribution in [0.1, 0.15) is 65.7 Å². The van der Waals surface area contributed by atoms with Crippen LogP contribution in [0.5, 0.6) is 11.6 Å². The van der Waals surface area contributed by atoms with Gasteiger partial charge in [-0.3, -0.25) is 19.1 Å². The summed E-state index contributed by atoms with van der Waals surface area (Å²) in [6.45, 7) is 4.36. The van der Waals surface area contributed by atoms with Gasteiger partial charge in [-0.25, -0.2) is 27.0 Å². The summed E-state index contributed by atoms with van der Waals surface area (Å²) in [6, 6.07) is 1.85. The third-order valence-corrected chi connectivity index (χ3v) is 13.0. The number of carbonyl (C=O) groups excluding carboxylic acids is 3. The average Bonchev–Trinajstić information content (AvgIpc) is 4.00. The Morgan fingerprint density at radius 2 is 1.94 bits per heavy atom. The van der Waals surface area contributed by atoms with Crippen molar-refractivity contribution in [3.05, 3.63) is 42.4 Å². The highest BCUT2D eigenvalue weighted by atomic mass is 32.2. The molecular formula is C36H45F2N5O9S. The van der Waals surface area contributed by atoms with E-state index in [4.69, 9.17) is 9.47 Å². The maximum absolute atomic E-state index is 14.9. The van der Waals surface area contributed by atoms with Crippen molar-refractivity contribution >= 4 is 44.6 Å². The zero-order valence-corrected chi connectivity index (χ0v) is 30.6. The van der Waals surface area contributed by atoms with Crippen molar-refractivity contribution in [1.29, 1.82) is 0 Å². The van der Waals surface area contributed by atoms with Crippen LogP contribution in [0.2, 0.25) is 0 Å². The largest absolute Gasteiger partial charge is 0.491 e. The van der Waals surface area contributed by atoms with Crippen molar-refractivity contribution in [2.75, 3.05) is 19.8 Å². The number of aromatic nitrogens is 1. The number of hydrogen-bond acceptors (Lipinski definition) is 9. The van der Waals surface area contributed by atoms with E-state index in [1.807, 2.05) is 17.7 Å². The molecule has 0 spiro atoms. The van der Waals surface area contributed by atoms with E-state index in [1.54, 1.807) is 26.0 Å². The van der Waals surface area contributed by atoms with Crippen LogP contribution in [-0.4, -0.2) is 95.5 Å². The molecule has 0 bridgehead atoms. The van der Waals surface area contributed by atoms with Gasteiger partial charge < -0.3 is 30.1 Å². The second-order valence-electron chi connectivity index (χ2n) is 14.8. The summed E-state index contributed by atoms with van der Waals surface area (Å²) < 4.78 is 66.8. The molecule has 4 amide bonds. The Balaban J connectivity index is 1.34. The van der Waals surface area contributed by atoms with Gasteiger partial charge in [-0.1, -0.05) is 26.0 Å². The van der Waals surface area contributed by atoms with Gasteiger partial charge in [0.2, 0.25) is 27.7 Å². The third kappa shape index (κ3) is 7.62. The highest BCUT2D eigenvalue weighted by Crippen LogP contribution is 2.48. The molecule has 2 aromatic rings. The van der Waals surface area contributed by atoms with E-state index >= 15 is 0 Å². The van der Waals surface area contributed by atoms with Crippen molar-refractivity contribution in [3.8, 4) is 11.6 Å². The van der Waals surface area contributed by atoms with E-state index in [0.29, 0.717) is 30.0 Å². The van der Waals surface area contributed by atoms with Crippen molar-refractivity contribution < 1.29 is 51.0 Å². The molecule has 0 unspecified atom stereocenters. The number of halogens is 2. The van der Waals surface area contributed by atoms with Crippen molar-refractivity contribution in [2.24, 2.45) is 17.8 Å². The first kappa shape index (κ1) is 38.2. The van der Waals surface area contributed by atoms with E-state index in [-0.39, 0.29) is 56.4 Å². The Hall–Kier alpha value is -4.54. The molecule has 14 nitrogen and oxygen atoms in total. The summed E-state index contributed by atoms with van der Waals surface area (Å²) in [4.78, 5) is 59.8. The first-order valence-electron chi connectivity index (χ1n) is 17.9. The second kappa shape index (κ2) is 14.7. The number of fused-ring (bicyclic) bond motifs is 3. The number of carbonyl (C=O) groups is 4. The molecule has 1 saturated heterocycles. The second-order valence-corrected chi connectivity index (χ2v) is 16.9. The fourth-order valence-electron chi connectivity index (χ4n) is 7.55. The molecule has 288 valence electrons. The van der Waals surface area contributed by atoms with Crippen LogP contribution < -0.4 is 24.8 Å². The van der Waals surface area contributed by atoms with E-state index in [0.717, 1.165) is 0 Å². The Morgan fingerprint density at radius 3 is 2.62 bits per heavy atom. The number of allylic oxidation sites excluding steroid dienone is 1.